The molecule has 5 nitrogen and oxygen atoms in total. The zero-order chi connectivity index (χ0) is 12.2. The Morgan fingerprint density at radius 2 is 1.76 bits per heavy atom. The summed E-state index contributed by atoms with van der Waals surface area (Å²) < 4.78 is 2.91. The summed E-state index contributed by atoms with van der Waals surface area (Å²) in [7, 11) is 3.30. The topological polar surface area (TPSA) is 59.8 Å². The van der Waals surface area contributed by atoms with E-state index in [4.69, 9.17) is 0 Å². The molecule has 0 fully saturated rings. The van der Waals surface area contributed by atoms with E-state index in [2.05, 4.69) is 4.98 Å². The van der Waals surface area contributed by atoms with Crippen LogP contribution in [0, 0.1) is 0 Å². The third-order valence-corrected chi connectivity index (χ3v) is 3.15. The van der Waals surface area contributed by atoms with E-state index in [1.54, 1.807) is 18.7 Å². The molecule has 0 bridgehead atoms. The van der Waals surface area contributed by atoms with E-state index in [1.165, 1.54) is 4.57 Å². The number of rotatable bonds is 0. The first-order valence-corrected chi connectivity index (χ1v) is 5.27. The maximum atomic E-state index is 12.2. The summed E-state index contributed by atoms with van der Waals surface area (Å²) in [5, 5.41) is 0.877. The Morgan fingerprint density at radius 1 is 1.06 bits per heavy atom. The molecule has 2 heterocycles. The highest BCUT2D eigenvalue weighted by molar-refractivity contribution is 6.01. The van der Waals surface area contributed by atoms with Crippen LogP contribution in [0.1, 0.15) is 0 Å². The minimum Gasteiger partial charge on any atom is -0.309 e. The van der Waals surface area contributed by atoms with E-state index in [-0.39, 0.29) is 11.2 Å². The Balaban J connectivity index is 2.81. The van der Waals surface area contributed by atoms with Gasteiger partial charge in [-0.1, -0.05) is 18.2 Å². The number of pyridine rings is 1. The van der Waals surface area contributed by atoms with Crippen LogP contribution in [-0.4, -0.2) is 14.1 Å². The first-order valence-electron chi connectivity index (χ1n) is 5.27. The van der Waals surface area contributed by atoms with Crippen molar-refractivity contribution in [2.24, 2.45) is 14.1 Å². The van der Waals surface area contributed by atoms with Crippen LogP contribution in [0.25, 0.3) is 21.9 Å². The highest BCUT2D eigenvalue weighted by Gasteiger charge is 2.13. The quantitative estimate of drug-likeness (QED) is 0.617. The van der Waals surface area contributed by atoms with Gasteiger partial charge in [0.05, 0.1) is 11.0 Å². The fourth-order valence-corrected chi connectivity index (χ4v) is 2.21. The average molecular weight is 229 g/mol. The molecule has 1 aromatic carbocycles. The number of benzene rings is 1. The number of para-hydroxylation sites is 1. The highest BCUT2D eigenvalue weighted by Crippen LogP contribution is 2.18. The maximum Gasteiger partial charge on any atom is 0.326 e. The van der Waals surface area contributed by atoms with Crippen molar-refractivity contribution in [3.05, 3.63) is 45.1 Å². The molecule has 0 saturated heterocycles. The van der Waals surface area contributed by atoms with Crippen LogP contribution in [0.15, 0.2) is 33.9 Å². The molecule has 0 spiro atoms. The molecule has 3 aromatic rings. The molecule has 0 atom stereocenters. The van der Waals surface area contributed by atoms with Crippen LogP contribution in [0.2, 0.25) is 0 Å². The fraction of sp³-hybridized carbons (Fsp3) is 0.167. The van der Waals surface area contributed by atoms with E-state index < -0.39 is 0 Å². The Hall–Kier alpha value is -2.30. The second-order valence-corrected chi connectivity index (χ2v) is 4.09. The van der Waals surface area contributed by atoms with Gasteiger partial charge in [0, 0.05) is 19.5 Å². The second kappa shape index (κ2) is 3.10. The Kier molecular flexibility index (Phi) is 1.80. The van der Waals surface area contributed by atoms with E-state index >= 15 is 0 Å². The van der Waals surface area contributed by atoms with Crippen molar-refractivity contribution in [3.8, 4) is 0 Å². The summed E-state index contributed by atoms with van der Waals surface area (Å²) in [5.41, 5.74) is 1.40. The predicted molar refractivity (Wildman–Crippen MR) is 66.3 cm³/mol. The summed E-state index contributed by atoms with van der Waals surface area (Å²) in [4.78, 5) is 26.5. The molecule has 0 aliphatic carbocycles. The van der Waals surface area contributed by atoms with Gasteiger partial charge < -0.3 is 9.55 Å². The normalized spacial score (nSPS) is 11.4. The molecule has 2 aromatic heterocycles. The van der Waals surface area contributed by atoms with E-state index in [9.17, 15) is 9.59 Å². The smallest absolute Gasteiger partial charge is 0.309 e. The third-order valence-electron chi connectivity index (χ3n) is 3.15. The summed E-state index contributed by atoms with van der Waals surface area (Å²) in [6, 6.07) is 7.51. The molecule has 0 aliphatic rings. The first-order chi connectivity index (χ1) is 8.11. The van der Waals surface area contributed by atoms with Gasteiger partial charge in [-0.15, -0.1) is 0 Å². The fourth-order valence-electron chi connectivity index (χ4n) is 2.21. The number of nitrogens with zero attached hydrogens (tertiary/aromatic N) is 2. The lowest BCUT2D eigenvalue weighted by Gasteiger charge is -2.05. The van der Waals surface area contributed by atoms with Gasteiger partial charge in [-0.2, -0.15) is 0 Å². The molecular weight excluding hydrogens is 218 g/mol. The van der Waals surface area contributed by atoms with Gasteiger partial charge in [0.1, 0.15) is 5.52 Å². The lowest BCUT2D eigenvalue weighted by Crippen LogP contribution is -2.21. The molecule has 17 heavy (non-hydrogen) atoms. The number of aryl methyl sites for hydroxylation is 2. The highest BCUT2D eigenvalue weighted by atomic mass is 16.2. The maximum absolute atomic E-state index is 12.2. The number of aromatic amines is 1. The van der Waals surface area contributed by atoms with Crippen molar-refractivity contribution in [3.63, 3.8) is 0 Å². The SMILES string of the molecule is Cn1c(=O)c2c([nH]c(=O)n2C)c2ccccc21. The standard InChI is InChI=1S/C12H11N3O2/c1-14-8-6-4-3-5-7(8)9-10(11(14)16)15(2)12(17)13-9/h3-6H,1-2H3,(H,13,17). The van der Waals surface area contributed by atoms with Gasteiger partial charge in [-0.3, -0.25) is 9.36 Å². The zero-order valence-corrected chi connectivity index (χ0v) is 9.52. The van der Waals surface area contributed by atoms with Crippen molar-refractivity contribution in [1.82, 2.24) is 14.1 Å². The lowest BCUT2D eigenvalue weighted by atomic mass is 10.2. The minimum absolute atomic E-state index is 0.167. The number of nitrogens with one attached hydrogen (secondary N) is 1. The minimum atomic E-state index is -0.270. The number of hydrogen-bond donors (Lipinski definition) is 1. The molecule has 0 unspecified atom stereocenters. The Bertz CT molecular complexity index is 852. The monoisotopic (exact) mass is 229 g/mol. The van der Waals surface area contributed by atoms with Crippen LogP contribution in [0.4, 0.5) is 0 Å². The zero-order valence-electron chi connectivity index (χ0n) is 9.52. The van der Waals surface area contributed by atoms with Crippen molar-refractivity contribution in [2.45, 2.75) is 0 Å². The molecule has 0 aliphatic heterocycles. The van der Waals surface area contributed by atoms with Crippen LogP contribution in [0.5, 0.6) is 0 Å². The molecular formula is C12H11N3O2. The second-order valence-electron chi connectivity index (χ2n) is 4.09. The molecule has 0 radical (unpaired) electrons. The van der Waals surface area contributed by atoms with Gasteiger partial charge >= 0.3 is 5.69 Å². The van der Waals surface area contributed by atoms with E-state index in [0.717, 1.165) is 10.9 Å². The van der Waals surface area contributed by atoms with Crippen molar-refractivity contribution in [2.75, 3.05) is 0 Å². The molecule has 3 rings (SSSR count). The van der Waals surface area contributed by atoms with E-state index in [0.29, 0.717) is 11.0 Å². The van der Waals surface area contributed by atoms with E-state index in [1.807, 2.05) is 24.3 Å². The van der Waals surface area contributed by atoms with Crippen LogP contribution >= 0.6 is 0 Å². The average Bonchev–Trinajstić information content (AvgIpc) is 2.63. The summed E-state index contributed by atoms with van der Waals surface area (Å²) >= 11 is 0. The molecule has 0 amide bonds. The van der Waals surface area contributed by atoms with Crippen molar-refractivity contribution in [1.29, 1.82) is 0 Å². The number of fused-ring (bicyclic) bond motifs is 3. The number of hydrogen-bond acceptors (Lipinski definition) is 2. The molecule has 86 valence electrons. The van der Waals surface area contributed by atoms with Gasteiger partial charge in [0.15, 0.2) is 0 Å². The molecule has 0 saturated carbocycles. The Labute approximate surface area is 95.9 Å². The van der Waals surface area contributed by atoms with Crippen LogP contribution in [-0.2, 0) is 14.1 Å². The van der Waals surface area contributed by atoms with Gasteiger partial charge in [-0.05, 0) is 6.07 Å². The number of imidazole rings is 1. The molecule has 1 N–H and O–H groups in total. The summed E-state index contributed by atoms with van der Waals surface area (Å²) in [6.07, 6.45) is 0. The van der Waals surface area contributed by atoms with Gasteiger partial charge in [0.2, 0.25) is 0 Å². The number of H-pyrrole nitrogens is 1. The van der Waals surface area contributed by atoms with Crippen LogP contribution in [0.3, 0.4) is 0 Å². The third kappa shape index (κ3) is 1.13. The summed E-state index contributed by atoms with van der Waals surface area (Å²) in [6.45, 7) is 0. The van der Waals surface area contributed by atoms with Gasteiger partial charge in [-0.25, -0.2) is 4.79 Å². The van der Waals surface area contributed by atoms with Crippen molar-refractivity contribution < 1.29 is 0 Å². The Morgan fingerprint density at radius 3 is 2.53 bits per heavy atom. The summed E-state index contributed by atoms with van der Waals surface area (Å²) in [5.74, 6) is 0. The number of aromatic nitrogens is 3. The van der Waals surface area contributed by atoms with Crippen molar-refractivity contribution >= 4 is 21.9 Å². The first kappa shape index (κ1) is 9.89. The molecule has 5 heteroatoms. The largest absolute Gasteiger partial charge is 0.326 e. The van der Waals surface area contributed by atoms with Gasteiger partial charge in [0.25, 0.3) is 5.56 Å². The predicted octanol–water partition coefficient (Wildman–Crippen LogP) is 0.718. The van der Waals surface area contributed by atoms with Crippen LogP contribution < -0.4 is 11.2 Å². The lowest BCUT2D eigenvalue weighted by molar-refractivity contribution is 0.860.